The molecule has 2 N–H and O–H groups in total. The molecule has 0 aromatic heterocycles. The highest BCUT2D eigenvalue weighted by atomic mass is 19.1. The molecule has 0 amide bonds. The number of carbonyl (C=O) groups excluding carboxylic acids is 1. The van der Waals surface area contributed by atoms with Crippen LogP contribution in [0.2, 0.25) is 0 Å². The molecule has 3 nitrogen and oxygen atoms in total. The Balaban J connectivity index is 2.99. The van der Waals surface area contributed by atoms with Crippen molar-refractivity contribution in [2.75, 3.05) is 12.3 Å². The summed E-state index contributed by atoms with van der Waals surface area (Å²) in [7, 11) is 0. The van der Waals surface area contributed by atoms with Crippen molar-refractivity contribution in [1.29, 1.82) is 0 Å². The molecule has 1 rings (SSSR count). The topological polar surface area (TPSA) is 52.3 Å². The van der Waals surface area contributed by atoms with Gasteiger partial charge in [0.1, 0.15) is 5.82 Å². The van der Waals surface area contributed by atoms with E-state index in [9.17, 15) is 9.18 Å². The van der Waals surface area contributed by atoms with Gasteiger partial charge in [-0.05, 0) is 37.6 Å². The standard InChI is InChI=1S/C12H14FNO2/c1-3-16-12(15)6-8(2)10-7-9(14)4-5-11(10)13/h4-7H,3,14H2,1-2H3/b8-6-. The third-order valence-corrected chi connectivity index (χ3v) is 2.04. The molecule has 0 atom stereocenters. The summed E-state index contributed by atoms with van der Waals surface area (Å²) in [5, 5.41) is 0. The van der Waals surface area contributed by atoms with Gasteiger partial charge in [0.2, 0.25) is 0 Å². The van der Waals surface area contributed by atoms with E-state index in [1.165, 1.54) is 24.3 Å². The van der Waals surface area contributed by atoms with E-state index in [0.29, 0.717) is 23.4 Å². The Labute approximate surface area is 93.7 Å². The van der Waals surface area contributed by atoms with Gasteiger partial charge in [-0.3, -0.25) is 0 Å². The van der Waals surface area contributed by atoms with Crippen LogP contribution in [0.15, 0.2) is 24.3 Å². The summed E-state index contributed by atoms with van der Waals surface area (Å²) in [6.07, 6.45) is 1.25. The zero-order chi connectivity index (χ0) is 12.1. The summed E-state index contributed by atoms with van der Waals surface area (Å²) in [4.78, 5) is 11.2. The van der Waals surface area contributed by atoms with Crippen LogP contribution in [-0.2, 0) is 9.53 Å². The first-order chi connectivity index (χ1) is 7.54. The Morgan fingerprint density at radius 3 is 2.88 bits per heavy atom. The minimum Gasteiger partial charge on any atom is -0.463 e. The van der Waals surface area contributed by atoms with E-state index < -0.39 is 11.8 Å². The fourth-order valence-corrected chi connectivity index (χ4v) is 1.28. The van der Waals surface area contributed by atoms with E-state index in [1.54, 1.807) is 13.8 Å². The molecule has 1 aromatic rings. The number of allylic oxidation sites excluding steroid dienone is 1. The van der Waals surface area contributed by atoms with Crippen LogP contribution in [0.4, 0.5) is 10.1 Å². The highest BCUT2D eigenvalue weighted by Crippen LogP contribution is 2.20. The molecule has 0 saturated heterocycles. The van der Waals surface area contributed by atoms with Gasteiger partial charge in [-0.25, -0.2) is 9.18 Å². The van der Waals surface area contributed by atoms with Crippen molar-refractivity contribution in [3.8, 4) is 0 Å². The predicted octanol–water partition coefficient (Wildman–Crippen LogP) is 2.37. The smallest absolute Gasteiger partial charge is 0.331 e. The minimum absolute atomic E-state index is 0.294. The molecule has 0 heterocycles. The molecule has 0 fully saturated rings. The molecule has 16 heavy (non-hydrogen) atoms. The molecule has 1 aromatic carbocycles. The molecule has 0 radical (unpaired) electrons. The van der Waals surface area contributed by atoms with Crippen LogP contribution >= 0.6 is 0 Å². The zero-order valence-corrected chi connectivity index (χ0v) is 9.29. The lowest BCUT2D eigenvalue weighted by molar-refractivity contribution is -0.137. The van der Waals surface area contributed by atoms with Crippen molar-refractivity contribution < 1.29 is 13.9 Å². The highest BCUT2D eigenvalue weighted by molar-refractivity contribution is 5.91. The summed E-state index contributed by atoms with van der Waals surface area (Å²) in [6.45, 7) is 3.64. The Morgan fingerprint density at radius 1 is 1.56 bits per heavy atom. The lowest BCUT2D eigenvalue weighted by atomic mass is 10.1. The predicted molar refractivity (Wildman–Crippen MR) is 61.1 cm³/mol. The van der Waals surface area contributed by atoms with E-state index in [1.807, 2.05) is 0 Å². The molecular formula is C12H14FNO2. The van der Waals surface area contributed by atoms with Gasteiger partial charge in [0.15, 0.2) is 0 Å². The second kappa shape index (κ2) is 5.30. The van der Waals surface area contributed by atoms with Crippen LogP contribution in [0.3, 0.4) is 0 Å². The fourth-order valence-electron chi connectivity index (χ4n) is 1.28. The van der Waals surface area contributed by atoms with Gasteiger partial charge in [-0.1, -0.05) is 0 Å². The third-order valence-electron chi connectivity index (χ3n) is 2.04. The summed E-state index contributed by atoms with van der Waals surface area (Å²) < 4.78 is 18.1. The number of benzene rings is 1. The summed E-state index contributed by atoms with van der Waals surface area (Å²) in [6, 6.07) is 4.23. The average Bonchev–Trinajstić information content (AvgIpc) is 2.21. The molecular weight excluding hydrogens is 209 g/mol. The zero-order valence-electron chi connectivity index (χ0n) is 9.29. The molecule has 0 unspecified atom stereocenters. The van der Waals surface area contributed by atoms with Gasteiger partial charge in [-0.2, -0.15) is 0 Å². The van der Waals surface area contributed by atoms with Crippen LogP contribution in [-0.4, -0.2) is 12.6 Å². The lowest BCUT2D eigenvalue weighted by Gasteiger charge is -2.04. The van der Waals surface area contributed by atoms with Crippen molar-refractivity contribution in [2.24, 2.45) is 0 Å². The number of hydrogen-bond acceptors (Lipinski definition) is 3. The van der Waals surface area contributed by atoms with E-state index in [-0.39, 0.29) is 0 Å². The van der Waals surface area contributed by atoms with Gasteiger partial charge < -0.3 is 10.5 Å². The second-order valence-electron chi connectivity index (χ2n) is 3.32. The summed E-state index contributed by atoms with van der Waals surface area (Å²) in [5.41, 5.74) is 6.80. The van der Waals surface area contributed by atoms with E-state index in [4.69, 9.17) is 10.5 Å². The second-order valence-corrected chi connectivity index (χ2v) is 3.32. The maximum absolute atomic E-state index is 13.4. The summed E-state index contributed by atoms with van der Waals surface area (Å²) in [5.74, 6) is -0.894. The van der Waals surface area contributed by atoms with Crippen molar-refractivity contribution in [2.45, 2.75) is 13.8 Å². The van der Waals surface area contributed by atoms with Gasteiger partial charge in [-0.15, -0.1) is 0 Å². The highest BCUT2D eigenvalue weighted by Gasteiger charge is 2.06. The summed E-state index contributed by atoms with van der Waals surface area (Å²) >= 11 is 0. The van der Waals surface area contributed by atoms with Gasteiger partial charge >= 0.3 is 5.97 Å². The van der Waals surface area contributed by atoms with E-state index in [0.717, 1.165) is 0 Å². The SMILES string of the molecule is CCOC(=O)/C=C(/C)c1cc(N)ccc1F. The van der Waals surface area contributed by atoms with Crippen molar-refractivity contribution in [3.05, 3.63) is 35.7 Å². The van der Waals surface area contributed by atoms with Gasteiger partial charge in [0.05, 0.1) is 6.61 Å². The van der Waals surface area contributed by atoms with Crippen LogP contribution in [0.5, 0.6) is 0 Å². The molecule has 0 aliphatic heterocycles. The molecule has 0 saturated carbocycles. The van der Waals surface area contributed by atoms with Gasteiger partial charge in [0.25, 0.3) is 0 Å². The maximum atomic E-state index is 13.4. The van der Waals surface area contributed by atoms with E-state index in [2.05, 4.69) is 0 Å². The van der Waals surface area contributed by atoms with Crippen molar-refractivity contribution in [3.63, 3.8) is 0 Å². The number of esters is 1. The number of ether oxygens (including phenoxy) is 1. The van der Waals surface area contributed by atoms with Gasteiger partial charge in [0, 0.05) is 17.3 Å². The van der Waals surface area contributed by atoms with Crippen LogP contribution in [0, 0.1) is 5.82 Å². The number of halogens is 1. The molecule has 0 bridgehead atoms. The third kappa shape index (κ3) is 3.08. The first-order valence-corrected chi connectivity index (χ1v) is 4.95. The quantitative estimate of drug-likeness (QED) is 0.486. The average molecular weight is 223 g/mol. The van der Waals surface area contributed by atoms with E-state index >= 15 is 0 Å². The van der Waals surface area contributed by atoms with Crippen LogP contribution in [0.25, 0.3) is 5.57 Å². The molecule has 0 aliphatic rings. The number of hydrogen-bond donors (Lipinski definition) is 1. The first-order valence-electron chi connectivity index (χ1n) is 4.95. The monoisotopic (exact) mass is 223 g/mol. The molecule has 0 aliphatic carbocycles. The Hall–Kier alpha value is -1.84. The number of rotatable bonds is 3. The number of nitrogen functional groups attached to an aromatic ring is 1. The van der Waals surface area contributed by atoms with Crippen LogP contribution in [0.1, 0.15) is 19.4 Å². The molecule has 4 heteroatoms. The van der Waals surface area contributed by atoms with Crippen molar-refractivity contribution in [1.82, 2.24) is 0 Å². The van der Waals surface area contributed by atoms with Crippen LogP contribution < -0.4 is 5.73 Å². The lowest BCUT2D eigenvalue weighted by Crippen LogP contribution is -2.01. The fraction of sp³-hybridized carbons (Fsp3) is 0.250. The Bertz CT molecular complexity index is 427. The number of nitrogens with two attached hydrogens (primary N) is 1. The largest absolute Gasteiger partial charge is 0.463 e. The maximum Gasteiger partial charge on any atom is 0.331 e. The number of anilines is 1. The van der Waals surface area contributed by atoms with Crippen molar-refractivity contribution >= 4 is 17.2 Å². The molecule has 86 valence electrons. The molecule has 0 spiro atoms. The minimum atomic E-state index is -0.484. The Kier molecular flexibility index (Phi) is 4.05. The normalized spacial score (nSPS) is 11.3. The Morgan fingerprint density at radius 2 is 2.25 bits per heavy atom. The first kappa shape index (κ1) is 12.2. The number of carbonyl (C=O) groups is 1.